The molecule has 1 rings (SSSR count). The highest BCUT2D eigenvalue weighted by Gasteiger charge is 2.13. The summed E-state index contributed by atoms with van der Waals surface area (Å²) in [5.74, 6) is -1.03. The Bertz CT molecular complexity index is 365. The van der Waals surface area contributed by atoms with Crippen molar-refractivity contribution < 1.29 is 18.7 Å². The first kappa shape index (κ1) is 10.8. The van der Waals surface area contributed by atoms with Gasteiger partial charge in [-0.05, 0) is 12.1 Å². The van der Waals surface area contributed by atoms with Gasteiger partial charge in [-0.3, -0.25) is 0 Å². The Morgan fingerprint density at radius 1 is 1.43 bits per heavy atom. The van der Waals surface area contributed by atoms with Crippen molar-refractivity contribution in [2.24, 2.45) is 0 Å². The summed E-state index contributed by atoms with van der Waals surface area (Å²) in [6.07, 6.45) is 0. The number of thiol groups is 1. The van der Waals surface area contributed by atoms with Crippen LogP contribution in [0.25, 0.3) is 0 Å². The number of ether oxygens (including phenoxy) is 2. The van der Waals surface area contributed by atoms with Gasteiger partial charge in [-0.25, -0.2) is 9.18 Å². The topological polar surface area (TPSA) is 35.5 Å². The third kappa shape index (κ3) is 1.98. The summed E-state index contributed by atoms with van der Waals surface area (Å²) in [5.41, 5.74) is 0.0969. The highest BCUT2D eigenvalue weighted by Crippen LogP contribution is 2.27. The van der Waals surface area contributed by atoms with E-state index in [1.165, 1.54) is 20.3 Å². The van der Waals surface area contributed by atoms with Gasteiger partial charge in [0.05, 0.1) is 24.7 Å². The number of rotatable bonds is 2. The van der Waals surface area contributed by atoms with E-state index in [0.29, 0.717) is 0 Å². The predicted molar refractivity (Wildman–Crippen MR) is 51.5 cm³/mol. The van der Waals surface area contributed by atoms with Crippen LogP contribution in [0.1, 0.15) is 10.4 Å². The summed E-state index contributed by atoms with van der Waals surface area (Å²) in [7, 11) is 2.59. The zero-order valence-corrected chi connectivity index (χ0v) is 8.60. The minimum Gasteiger partial charge on any atom is -0.495 e. The molecule has 3 nitrogen and oxygen atoms in total. The first-order valence-electron chi connectivity index (χ1n) is 3.75. The fourth-order valence-electron chi connectivity index (χ4n) is 0.965. The number of halogens is 1. The second-order valence-electron chi connectivity index (χ2n) is 2.50. The van der Waals surface area contributed by atoms with Crippen molar-refractivity contribution in [3.8, 4) is 5.75 Å². The van der Waals surface area contributed by atoms with Crippen molar-refractivity contribution in [3.05, 3.63) is 23.5 Å². The molecule has 0 unspecified atom stereocenters. The largest absolute Gasteiger partial charge is 0.495 e. The zero-order chi connectivity index (χ0) is 10.7. The molecule has 5 heteroatoms. The average molecular weight is 216 g/mol. The van der Waals surface area contributed by atoms with Crippen molar-refractivity contribution in [2.75, 3.05) is 14.2 Å². The Morgan fingerprint density at radius 2 is 2.07 bits per heavy atom. The van der Waals surface area contributed by atoms with Crippen molar-refractivity contribution >= 4 is 18.6 Å². The van der Waals surface area contributed by atoms with Gasteiger partial charge >= 0.3 is 5.97 Å². The molecule has 0 atom stereocenters. The molecule has 14 heavy (non-hydrogen) atoms. The van der Waals surface area contributed by atoms with Gasteiger partial charge in [0, 0.05) is 0 Å². The maximum atomic E-state index is 13.2. The van der Waals surface area contributed by atoms with Crippen LogP contribution in [0.2, 0.25) is 0 Å². The van der Waals surface area contributed by atoms with E-state index in [2.05, 4.69) is 17.4 Å². The molecule has 0 amide bonds. The van der Waals surface area contributed by atoms with Crippen LogP contribution >= 0.6 is 12.6 Å². The highest BCUT2D eigenvalue weighted by molar-refractivity contribution is 7.80. The van der Waals surface area contributed by atoms with E-state index in [9.17, 15) is 9.18 Å². The number of benzene rings is 1. The van der Waals surface area contributed by atoms with Gasteiger partial charge in [0.25, 0.3) is 0 Å². The van der Waals surface area contributed by atoms with Gasteiger partial charge < -0.3 is 9.47 Å². The molecule has 0 spiro atoms. The summed E-state index contributed by atoms with van der Waals surface area (Å²) in [5, 5.41) is 0. The van der Waals surface area contributed by atoms with Crippen molar-refractivity contribution in [3.63, 3.8) is 0 Å². The first-order valence-corrected chi connectivity index (χ1v) is 4.19. The molecule has 0 fully saturated rings. The number of hydrogen-bond donors (Lipinski definition) is 1. The van der Waals surface area contributed by atoms with Crippen LogP contribution in [0.5, 0.6) is 5.75 Å². The fourth-order valence-corrected chi connectivity index (χ4v) is 1.19. The maximum absolute atomic E-state index is 13.2. The van der Waals surface area contributed by atoms with Gasteiger partial charge in [-0.2, -0.15) is 0 Å². The van der Waals surface area contributed by atoms with E-state index in [1.54, 1.807) is 0 Å². The molecule has 0 aliphatic carbocycles. The average Bonchev–Trinajstić information content (AvgIpc) is 2.20. The summed E-state index contributed by atoms with van der Waals surface area (Å²) < 4.78 is 22.4. The highest BCUT2D eigenvalue weighted by atomic mass is 32.1. The first-order chi connectivity index (χ1) is 6.60. The van der Waals surface area contributed by atoms with E-state index in [0.717, 1.165) is 6.07 Å². The standard InChI is InChI=1S/C9H9FO3S/c1-12-7-4-5(9(11)13-2)3-6(10)8(7)14/h3-4,14H,1-2H3. The molecule has 0 heterocycles. The van der Waals surface area contributed by atoms with Gasteiger partial charge in [0.1, 0.15) is 11.6 Å². The van der Waals surface area contributed by atoms with Crippen LogP contribution in [0.3, 0.4) is 0 Å². The van der Waals surface area contributed by atoms with Gasteiger partial charge in [0.2, 0.25) is 0 Å². The smallest absolute Gasteiger partial charge is 0.338 e. The van der Waals surface area contributed by atoms with Crippen molar-refractivity contribution in [1.82, 2.24) is 0 Å². The molecule has 0 saturated heterocycles. The van der Waals surface area contributed by atoms with E-state index in [-0.39, 0.29) is 16.2 Å². The lowest BCUT2D eigenvalue weighted by atomic mass is 10.2. The van der Waals surface area contributed by atoms with E-state index in [4.69, 9.17) is 4.74 Å². The Balaban J connectivity index is 3.22. The van der Waals surface area contributed by atoms with Crippen LogP contribution < -0.4 is 4.74 Å². The maximum Gasteiger partial charge on any atom is 0.338 e. The van der Waals surface area contributed by atoms with Crippen LogP contribution in [0.15, 0.2) is 17.0 Å². The molecule has 0 aromatic heterocycles. The third-order valence-corrected chi connectivity index (χ3v) is 2.10. The molecule has 1 aromatic carbocycles. The number of carbonyl (C=O) groups excluding carboxylic acids is 1. The van der Waals surface area contributed by atoms with Crippen molar-refractivity contribution in [2.45, 2.75) is 4.90 Å². The lowest BCUT2D eigenvalue weighted by molar-refractivity contribution is 0.0599. The molecule has 0 aliphatic rings. The molecule has 0 aliphatic heterocycles. The van der Waals surface area contributed by atoms with Crippen molar-refractivity contribution in [1.29, 1.82) is 0 Å². The Morgan fingerprint density at radius 3 is 2.57 bits per heavy atom. The van der Waals surface area contributed by atoms with E-state index in [1.807, 2.05) is 0 Å². The number of esters is 1. The monoisotopic (exact) mass is 216 g/mol. The number of methoxy groups -OCH3 is 2. The SMILES string of the molecule is COC(=O)c1cc(F)c(S)c(OC)c1. The number of carbonyl (C=O) groups is 1. The second kappa shape index (κ2) is 4.32. The second-order valence-corrected chi connectivity index (χ2v) is 2.95. The molecule has 1 aromatic rings. The van der Waals surface area contributed by atoms with Gasteiger partial charge in [-0.1, -0.05) is 0 Å². The molecule has 76 valence electrons. The molecule has 0 bridgehead atoms. The third-order valence-electron chi connectivity index (χ3n) is 1.67. The molecule has 0 N–H and O–H groups in total. The lowest BCUT2D eigenvalue weighted by Crippen LogP contribution is -2.03. The van der Waals surface area contributed by atoms with Crippen LogP contribution in [0.4, 0.5) is 4.39 Å². The summed E-state index contributed by atoms with van der Waals surface area (Å²) in [4.78, 5) is 11.1. The lowest BCUT2D eigenvalue weighted by Gasteiger charge is -2.06. The minimum absolute atomic E-state index is 0.0696. The van der Waals surface area contributed by atoms with Gasteiger partial charge in [-0.15, -0.1) is 12.6 Å². The zero-order valence-electron chi connectivity index (χ0n) is 7.70. The molecule has 0 saturated carbocycles. The van der Waals surface area contributed by atoms with Crippen LogP contribution in [-0.4, -0.2) is 20.2 Å². The Labute approximate surface area is 86.2 Å². The van der Waals surface area contributed by atoms with E-state index >= 15 is 0 Å². The van der Waals surface area contributed by atoms with Crippen LogP contribution in [-0.2, 0) is 4.74 Å². The fraction of sp³-hybridized carbons (Fsp3) is 0.222. The Hall–Kier alpha value is -1.23. The summed E-state index contributed by atoms with van der Waals surface area (Å²) in [6.45, 7) is 0. The summed E-state index contributed by atoms with van der Waals surface area (Å²) in [6, 6.07) is 2.42. The quantitative estimate of drug-likeness (QED) is 0.606. The van der Waals surface area contributed by atoms with E-state index < -0.39 is 11.8 Å². The number of hydrogen-bond acceptors (Lipinski definition) is 4. The molecule has 0 radical (unpaired) electrons. The predicted octanol–water partition coefficient (Wildman–Crippen LogP) is 1.91. The van der Waals surface area contributed by atoms with Gasteiger partial charge in [0.15, 0.2) is 0 Å². The minimum atomic E-state index is -0.618. The normalized spacial score (nSPS) is 9.71. The summed E-state index contributed by atoms with van der Waals surface area (Å²) >= 11 is 3.88. The Kier molecular flexibility index (Phi) is 3.35. The molecular formula is C9H9FO3S. The van der Waals surface area contributed by atoms with Crippen LogP contribution in [0, 0.1) is 5.82 Å². The molecular weight excluding hydrogens is 207 g/mol.